The van der Waals surface area contributed by atoms with Crippen molar-refractivity contribution in [1.82, 2.24) is 9.97 Å². The normalized spacial score (nSPS) is 12.2. The van der Waals surface area contributed by atoms with Crippen LogP contribution in [-0.2, 0) is 0 Å². The number of nitrogens with one attached hydrogen (secondary N) is 2. The Labute approximate surface area is 108 Å². The summed E-state index contributed by atoms with van der Waals surface area (Å²) in [6.45, 7) is 2.04. The number of hydrogen-bond acceptors (Lipinski definition) is 6. The number of nitrogens with two attached hydrogens (primary N) is 1. The second-order valence-corrected chi connectivity index (χ2v) is 5.16. The van der Waals surface area contributed by atoms with Crippen LogP contribution in [0.5, 0.6) is 0 Å². The Balaban J connectivity index is 2.09. The molecule has 4 N–H and O–H groups in total. The molecule has 0 aliphatic carbocycles. The highest BCUT2D eigenvalue weighted by molar-refractivity contribution is 7.16. The lowest BCUT2D eigenvalue weighted by molar-refractivity contribution is 0.893. The molecule has 0 spiro atoms. The van der Waals surface area contributed by atoms with E-state index in [0.717, 1.165) is 9.21 Å². The Morgan fingerprint density at radius 1 is 1.41 bits per heavy atom. The van der Waals surface area contributed by atoms with Crippen LogP contribution in [0.4, 0.5) is 11.8 Å². The monoisotopic (exact) mass is 269 g/mol. The van der Waals surface area contributed by atoms with Gasteiger partial charge in [0.05, 0.1) is 10.4 Å². The first-order valence-electron chi connectivity index (χ1n) is 5.00. The first-order chi connectivity index (χ1) is 8.19. The van der Waals surface area contributed by atoms with Crippen molar-refractivity contribution in [2.24, 2.45) is 5.84 Å². The lowest BCUT2D eigenvalue weighted by Gasteiger charge is -2.12. The van der Waals surface area contributed by atoms with Crippen molar-refractivity contribution in [2.45, 2.75) is 13.0 Å². The van der Waals surface area contributed by atoms with Gasteiger partial charge in [-0.05, 0) is 25.1 Å². The summed E-state index contributed by atoms with van der Waals surface area (Å²) in [5.74, 6) is 6.34. The zero-order valence-electron chi connectivity index (χ0n) is 9.14. The maximum Gasteiger partial charge on any atom is 0.239 e. The van der Waals surface area contributed by atoms with Crippen LogP contribution in [0, 0.1) is 0 Å². The van der Waals surface area contributed by atoms with Gasteiger partial charge < -0.3 is 5.32 Å². The third-order valence-electron chi connectivity index (χ3n) is 2.17. The van der Waals surface area contributed by atoms with Crippen LogP contribution in [0.25, 0.3) is 0 Å². The molecule has 2 heterocycles. The minimum Gasteiger partial charge on any atom is -0.363 e. The van der Waals surface area contributed by atoms with Crippen molar-refractivity contribution in [3.05, 3.63) is 33.6 Å². The Morgan fingerprint density at radius 2 is 2.24 bits per heavy atom. The van der Waals surface area contributed by atoms with E-state index in [1.165, 1.54) is 0 Å². The fourth-order valence-corrected chi connectivity index (χ4v) is 2.43. The van der Waals surface area contributed by atoms with E-state index in [1.807, 2.05) is 19.1 Å². The van der Waals surface area contributed by atoms with Gasteiger partial charge in [-0.15, -0.1) is 11.3 Å². The Bertz CT molecular complexity index is 501. The van der Waals surface area contributed by atoms with Gasteiger partial charge in [0.15, 0.2) is 0 Å². The van der Waals surface area contributed by atoms with Crippen LogP contribution in [0.3, 0.4) is 0 Å². The lowest BCUT2D eigenvalue weighted by atomic mass is 10.3. The fourth-order valence-electron chi connectivity index (χ4n) is 1.36. The minimum atomic E-state index is 0.132. The van der Waals surface area contributed by atoms with Crippen LogP contribution in [0.1, 0.15) is 17.8 Å². The average molecular weight is 270 g/mol. The molecule has 1 atom stereocenters. The highest BCUT2D eigenvalue weighted by Gasteiger charge is 2.09. The standard InChI is InChI=1S/C10H12ClN5S/c1-6(7-2-3-8(11)17-7)14-9-4-5-13-10(15-9)16-12/h2-6H,12H2,1H3,(H2,13,14,15,16). The molecule has 0 bridgehead atoms. The summed E-state index contributed by atoms with van der Waals surface area (Å²) in [6, 6.07) is 5.79. The topological polar surface area (TPSA) is 75.9 Å². The summed E-state index contributed by atoms with van der Waals surface area (Å²) < 4.78 is 0.778. The third kappa shape index (κ3) is 3.06. The maximum absolute atomic E-state index is 5.89. The molecule has 0 aliphatic rings. The molecule has 0 radical (unpaired) electrons. The van der Waals surface area contributed by atoms with Gasteiger partial charge in [0.2, 0.25) is 5.95 Å². The Hall–Kier alpha value is -1.37. The van der Waals surface area contributed by atoms with Crippen LogP contribution >= 0.6 is 22.9 Å². The number of halogens is 1. The number of nitrogens with zero attached hydrogens (tertiary/aromatic N) is 2. The van der Waals surface area contributed by atoms with Gasteiger partial charge in [-0.1, -0.05) is 11.6 Å². The molecule has 2 rings (SSSR count). The molecule has 5 nitrogen and oxygen atoms in total. The third-order valence-corrected chi connectivity index (χ3v) is 3.58. The summed E-state index contributed by atoms with van der Waals surface area (Å²) in [7, 11) is 0. The number of rotatable bonds is 4. The van der Waals surface area contributed by atoms with E-state index >= 15 is 0 Å². The van der Waals surface area contributed by atoms with E-state index in [9.17, 15) is 0 Å². The van der Waals surface area contributed by atoms with E-state index in [2.05, 4.69) is 20.7 Å². The maximum atomic E-state index is 5.89. The number of hydrogen-bond donors (Lipinski definition) is 3. The van der Waals surface area contributed by atoms with Crippen molar-refractivity contribution in [2.75, 3.05) is 10.7 Å². The zero-order chi connectivity index (χ0) is 12.3. The van der Waals surface area contributed by atoms with Crippen LogP contribution in [0.2, 0.25) is 4.34 Å². The van der Waals surface area contributed by atoms with E-state index in [-0.39, 0.29) is 6.04 Å². The summed E-state index contributed by atoms with van der Waals surface area (Å²) in [5, 5.41) is 3.25. The summed E-state index contributed by atoms with van der Waals surface area (Å²) in [6.07, 6.45) is 1.64. The highest BCUT2D eigenvalue weighted by atomic mass is 35.5. The molecule has 0 fully saturated rings. The Morgan fingerprint density at radius 3 is 2.88 bits per heavy atom. The van der Waals surface area contributed by atoms with Gasteiger partial charge in [-0.25, -0.2) is 10.8 Å². The largest absolute Gasteiger partial charge is 0.363 e. The number of aromatic nitrogens is 2. The van der Waals surface area contributed by atoms with Gasteiger partial charge in [-0.3, -0.25) is 5.43 Å². The van der Waals surface area contributed by atoms with Crippen LogP contribution in [0.15, 0.2) is 24.4 Å². The van der Waals surface area contributed by atoms with Gasteiger partial charge in [0.1, 0.15) is 5.82 Å². The van der Waals surface area contributed by atoms with Crippen molar-refractivity contribution < 1.29 is 0 Å². The first-order valence-corrected chi connectivity index (χ1v) is 6.20. The molecule has 2 aromatic rings. The summed E-state index contributed by atoms with van der Waals surface area (Å²) in [5.41, 5.74) is 2.40. The van der Waals surface area contributed by atoms with E-state index in [4.69, 9.17) is 17.4 Å². The molecule has 17 heavy (non-hydrogen) atoms. The smallest absolute Gasteiger partial charge is 0.239 e. The molecule has 0 saturated carbocycles. The minimum absolute atomic E-state index is 0.132. The van der Waals surface area contributed by atoms with E-state index < -0.39 is 0 Å². The van der Waals surface area contributed by atoms with Crippen molar-refractivity contribution in [3.8, 4) is 0 Å². The van der Waals surface area contributed by atoms with E-state index in [1.54, 1.807) is 23.6 Å². The van der Waals surface area contributed by atoms with Crippen molar-refractivity contribution >= 4 is 34.7 Å². The van der Waals surface area contributed by atoms with Crippen LogP contribution < -0.4 is 16.6 Å². The van der Waals surface area contributed by atoms with Gasteiger partial charge in [0.25, 0.3) is 0 Å². The fraction of sp³-hybridized carbons (Fsp3) is 0.200. The quantitative estimate of drug-likeness (QED) is 0.588. The predicted octanol–water partition coefficient (Wildman–Crippen LogP) is 2.65. The number of anilines is 2. The second kappa shape index (κ2) is 5.31. The van der Waals surface area contributed by atoms with Gasteiger partial charge in [-0.2, -0.15) is 4.98 Å². The SMILES string of the molecule is CC(Nc1ccnc(NN)n1)c1ccc(Cl)s1. The average Bonchev–Trinajstić information content (AvgIpc) is 2.76. The molecule has 90 valence electrons. The lowest BCUT2D eigenvalue weighted by Crippen LogP contribution is -2.12. The molecular weight excluding hydrogens is 258 g/mol. The Kier molecular flexibility index (Phi) is 3.78. The molecule has 1 unspecified atom stereocenters. The summed E-state index contributed by atoms with van der Waals surface area (Å²) in [4.78, 5) is 9.26. The molecule has 0 saturated heterocycles. The predicted molar refractivity (Wildman–Crippen MR) is 71.2 cm³/mol. The highest BCUT2D eigenvalue weighted by Crippen LogP contribution is 2.28. The molecular formula is C10H12ClN5S. The molecule has 2 aromatic heterocycles. The number of hydrazine groups is 1. The van der Waals surface area contributed by atoms with Gasteiger partial charge >= 0.3 is 0 Å². The van der Waals surface area contributed by atoms with Crippen molar-refractivity contribution in [3.63, 3.8) is 0 Å². The van der Waals surface area contributed by atoms with E-state index in [0.29, 0.717) is 11.8 Å². The molecule has 0 amide bonds. The number of nitrogen functional groups attached to an aromatic ring is 1. The second-order valence-electron chi connectivity index (χ2n) is 3.42. The van der Waals surface area contributed by atoms with Crippen molar-refractivity contribution in [1.29, 1.82) is 0 Å². The molecule has 7 heteroatoms. The van der Waals surface area contributed by atoms with Gasteiger partial charge in [0, 0.05) is 11.1 Å². The zero-order valence-corrected chi connectivity index (χ0v) is 10.7. The number of thiophene rings is 1. The first kappa shape index (κ1) is 12.1. The molecule has 0 aromatic carbocycles. The summed E-state index contributed by atoms with van der Waals surface area (Å²) >= 11 is 7.44. The van der Waals surface area contributed by atoms with Crippen LogP contribution in [-0.4, -0.2) is 9.97 Å². The molecule has 0 aliphatic heterocycles.